The number of pyridine rings is 2. The van der Waals surface area contributed by atoms with E-state index in [4.69, 9.17) is 24.9 Å². The summed E-state index contributed by atoms with van der Waals surface area (Å²) in [6, 6.07) is 63.4. The molecule has 6 heteroatoms. The van der Waals surface area contributed by atoms with Gasteiger partial charge >= 0.3 is 0 Å². The first-order valence-corrected chi connectivity index (χ1v) is 19.7. The number of aromatic nitrogens is 5. The molecule has 0 N–H and O–H groups in total. The number of benzene rings is 7. The van der Waals surface area contributed by atoms with Gasteiger partial charge in [-0.05, 0) is 70.8 Å². The minimum atomic E-state index is 0.587. The molecule has 11 rings (SSSR count). The topological polar surface area (TPSA) is 64.5 Å². The molecule has 57 heavy (non-hydrogen) atoms. The molecule has 4 aromatic heterocycles. The second kappa shape index (κ2) is 13.7. The quantitative estimate of drug-likeness (QED) is 0.159. The largest absolute Gasteiger partial charge is 0.254 e. The third kappa shape index (κ3) is 6.00. The Morgan fingerprint density at radius 3 is 1.68 bits per heavy atom. The normalized spacial score (nSPS) is 11.5. The van der Waals surface area contributed by atoms with Crippen molar-refractivity contribution in [2.75, 3.05) is 0 Å². The van der Waals surface area contributed by atoms with Gasteiger partial charge in [-0.2, -0.15) is 0 Å². The zero-order valence-corrected chi connectivity index (χ0v) is 31.4. The average Bonchev–Trinajstić information content (AvgIpc) is 3.67. The van der Waals surface area contributed by atoms with E-state index in [2.05, 4.69) is 115 Å². The van der Waals surface area contributed by atoms with Crippen LogP contribution in [-0.4, -0.2) is 24.9 Å². The highest BCUT2D eigenvalue weighted by molar-refractivity contribution is 7.25. The molecule has 0 spiro atoms. The maximum absolute atomic E-state index is 5.43. The summed E-state index contributed by atoms with van der Waals surface area (Å²) in [5.74, 6) is 1.82. The lowest BCUT2D eigenvalue weighted by Crippen LogP contribution is -2.00. The second-order valence-corrected chi connectivity index (χ2v) is 15.2. The van der Waals surface area contributed by atoms with Crippen LogP contribution in [-0.2, 0) is 0 Å². The van der Waals surface area contributed by atoms with Crippen LogP contribution in [0.25, 0.3) is 110 Å². The fourth-order valence-corrected chi connectivity index (χ4v) is 8.83. The lowest BCUT2D eigenvalue weighted by atomic mass is 9.94. The van der Waals surface area contributed by atoms with Crippen LogP contribution in [0.3, 0.4) is 0 Å². The van der Waals surface area contributed by atoms with E-state index in [9.17, 15) is 0 Å². The van der Waals surface area contributed by atoms with Crippen molar-refractivity contribution in [1.29, 1.82) is 0 Å². The summed E-state index contributed by atoms with van der Waals surface area (Å²) >= 11 is 1.82. The Balaban J connectivity index is 1.19. The highest BCUT2D eigenvalue weighted by atomic mass is 32.1. The Morgan fingerprint density at radius 2 is 0.947 bits per heavy atom. The van der Waals surface area contributed by atoms with Gasteiger partial charge in [-0.15, -0.1) is 11.3 Å². The predicted molar refractivity (Wildman–Crippen MR) is 236 cm³/mol. The zero-order valence-electron chi connectivity index (χ0n) is 30.5. The Hall–Kier alpha value is -7.41. The molecule has 7 aromatic carbocycles. The molecule has 4 heterocycles. The molecule has 11 aromatic rings. The number of rotatable bonds is 6. The molecule has 0 aliphatic rings. The average molecular weight is 746 g/mol. The van der Waals surface area contributed by atoms with Crippen molar-refractivity contribution in [2.24, 2.45) is 0 Å². The van der Waals surface area contributed by atoms with E-state index in [1.165, 1.54) is 20.2 Å². The molecule has 5 nitrogen and oxygen atoms in total. The fourth-order valence-electron chi connectivity index (χ4n) is 7.75. The lowest BCUT2D eigenvalue weighted by molar-refractivity contribution is 1.07. The first-order valence-electron chi connectivity index (χ1n) is 18.9. The summed E-state index contributed by atoms with van der Waals surface area (Å²) in [6.07, 6.45) is 1.84. The molecule has 0 amide bonds. The third-order valence-corrected chi connectivity index (χ3v) is 11.7. The van der Waals surface area contributed by atoms with Gasteiger partial charge in [0.15, 0.2) is 17.5 Å². The Bertz CT molecular complexity index is 3230. The maximum Gasteiger partial charge on any atom is 0.164 e. The summed E-state index contributed by atoms with van der Waals surface area (Å²) in [6.45, 7) is 0. The molecule has 0 saturated carbocycles. The standard InChI is InChI=1S/C51H31N5S/c1-4-13-32(14-5-1)42-31-44(53-48-41(42)24-22-33-19-12-26-52-47(33)48)38-27-37(36-23-25-46-43(30-36)40-20-10-11-21-45(40)57-46)28-39(29-38)51-55-49(34-15-6-2-7-16-34)54-50(56-51)35-17-8-3-9-18-35/h1-31H. The summed E-state index contributed by atoms with van der Waals surface area (Å²) in [5, 5.41) is 4.60. The SMILES string of the molecule is c1ccc(-c2nc(-c3ccccc3)nc(-c3cc(-c4ccc5sc6ccccc6c5c4)cc(-c4cc(-c5ccccc5)c5ccc6cccnc6c5n4)c3)n2)cc1. The van der Waals surface area contributed by atoms with Gasteiger partial charge in [0.1, 0.15) is 0 Å². The highest BCUT2D eigenvalue weighted by Gasteiger charge is 2.18. The maximum atomic E-state index is 5.43. The summed E-state index contributed by atoms with van der Waals surface area (Å²) in [7, 11) is 0. The Kier molecular flexibility index (Phi) is 7.93. The Morgan fingerprint density at radius 1 is 0.333 bits per heavy atom. The van der Waals surface area contributed by atoms with E-state index in [1.807, 2.05) is 84.3 Å². The van der Waals surface area contributed by atoms with E-state index >= 15 is 0 Å². The summed E-state index contributed by atoms with van der Waals surface area (Å²) in [4.78, 5) is 25.6. The van der Waals surface area contributed by atoms with Gasteiger partial charge < -0.3 is 0 Å². The van der Waals surface area contributed by atoms with Crippen LogP contribution < -0.4 is 0 Å². The molecule has 0 radical (unpaired) electrons. The van der Waals surface area contributed by atoms with Crippen molar-refractivity contribution >= 4 is 53.3 Å². The van der Waals surface area contributed by atoms with Crippen LogP contribution in [0.4, 0.5) is 0 Å². The van der Waals surface area contributed by atoms with Crippen LogP contribution in [0.15, 0.2) is 188 Å². The van der Waals surface area contributed by atoms with Crippen LogP contribution in [0.1, 0.15) is 0 Å². The summed E-state index contributed by atoms with van der Waals surface area (Å²) in [5.41, 5.74) is 10.6. The van der Waals surface area contributed by atoms with E-state index < -0.39 is 0 Å². The van der Waals surface area contributed by atoms with E-state index in [-0.39, 0.29) is 0 Å². The second-order valence-electron chi connectivity index (χ2n) is 14.1. The zero-order chi connectivity index (χ0) is 37.7. The predicted octanol–water partition coefficient (Wildman–Crippen LogP) is 13.3. The van der Waals surface area contributed by atoms with Gasteiger partial charge in [-0.25, -0.2) is 19.9 Å². The third-order valence-electron chi connectivity index (χ3n) is 10.5. The highest BCUT2D eigenvalue weighted by Crippen LogP contribution is 2.40. The van der Waals surface area contributed by atoms with Crippen LogP contribution in [0, 0.1) is 0 Å². The first kappa shape index (κ1) is 33.0. The molecule has 0 bridgehead atoms. The van der Waals surface area contributed by atoms with E-state index in [1.54, 1.807) is 0 Å². The number of thiophene rings is 1. The number of nitrogens with zero attached hydrogens (tertiary/aromatic N) is 5. The van der Waals surface area contributed by atoms with Gasteiger partial charge in [0.25, 0.3) is 0 Å². The fraction of sp³-hybridized carbons (Fsp3) is 0. The van der Waals surface area contributed by atoms with Crippen molar-refractivity contribution in [3.05, 3.63) is 188 Å². The smallest absolute Gasteiger partial charge is 0.164 e. The lowest BCUT2D eigenvalue weighted by Gasteiger charge is -2.15. The van der Waals surface area contributed by atoms with Crippen LogP contribution in [0.2, 0.25) is 0 Å². The van der Waals surface area contributed by atoms with Crippen LogP contribution >= 0.6 is 11.3 Å². The summed E-state index contributed by atoms with van der Waals surface area (Å²) < 4.78 is 2.54. The molecule has 0 unspecified atom stereocenters. The van der Waals surface area contributed by atoms with Crippen molar-refractivity contribution in [2.45, 2.75) is 0 Å². The van der Waals surface area contributed by atoms with E-state index in [0.717, 1.165) is 72.0 Å². The molecule has 266 valence electrons. The first-order chi connectivity index (χ1) is 28.2. The van der Waals surface area contributed by atoms with Gasteiger partial charge in [0.05, 0.1) is 16.7 Å². The number of hydrogen-bond donors (Lipinski definition) is 0. The van der Waals surface area contributed by atoms with Crippen molar-refractivity contribution in [3.8, 4) is 67.7 Å². The van der Waals surface area contributed by atoms with Gasteiger partial charge in [-0.3, -0.25) is 4.98 Å². The minimum Gasteiger partial charge on any atom is -0.254 e. The molecular weight excluding hydrogens is 715 g/mol. The molecule has 0 fully saturated rings. The van der Waals surface area contributed by atoms with E-state index in [0.29, 0.717) is 17.5 Å². The minimum absolute atomic E-state index is 0.587. The molecule has 0 atom stereocenters. The van der Waals surface area contributed by atoms with Gasteiger partial charge in [-0.1, -0.05) is 133 Å². The molecule has 0 saturated heterocycles. The molecule has 0 aliphatic carbocycles. The molecular formula is C51H31N5S. The Labute approximate surface area is 332 Å². The van der Waals surface area contributed by atoms with Crippen molar-refractivity contribution < 1.29 is 0 Å². The van der Waals surface area contributed by atoms with Crippen LogP contribution in [0.5, 0.6) is 0 Å². The van der Waals surface area contributed by atoms with Gasteiger partial charge in [0.2, 0.25) is 0 Å². The van der Waals surface area contributed by atoms with Crippen molar-refractivity contribution in [3.63, 3.8) is 0 Å². The number of hydrogen-bond acceptors (Lipinski definition) is 6. The molecule has 0 aliphatic heterocycles. The van der Waals surface area contributed by atoms with Gasteiger partial charge in [0, 0.05) is 59.4 Å². The monoisotopic (exact) mass is 745 g/mol. The number of fused-ring (bicyclic) bond motifs is 6. The van der Waals surface area contributed by atoms with Crippen molar-refractivity contribution in [1.82, 2.24) is 24.9 Å².